The lowest BCUT2D eigenvalue weighted by Gasteiger charge is -2.32. The Balaban J connectivity index is 1.59. The molecule has 1 heterocycles. The smallest absolute Gasteiger partial charge is 0.254 e. The SMILES string of the molecule is COc1cc(OC)cc(C(=O)NC2CCN(C(=O)c3cc(O)cc(O)c3)CC2)c1. The number of carbonyl (C=O) groups excluding carboxylic acids is 2. The molecule has 1 aliphatic heterocycles. The third-order valence-corrected chi connectivity index (χ3v) is 4.88. The number of rotatable bonds is 5. The first-order valence-electron chi connectivity index (χ1n) is 9.26. The van der Waals surface area contributed by atoms with Gasteiger partial charge in [0.2, 0.25) is 0 Å². The van der Waals surface area contributed by atoms with E-state index >= 15 is 0 Å². The van der Waals surface area contributed by atoms with Crippen LogP contribution in [0.15, 0.2) is 36.4 Å². The molecule has 2 amide bonds. The van der Waals surface area contributed by atoms with Gasteiger partial charge < -0.3 is 29.9 Å². The van der Waals surface area contributed by atoms with E-state index in [0.717, 1.165) is 0 Å². The van der Waals surface area contributed by atoms with Crippen LogP contribution in [-0.2, 0) is 0 Å². The van der Waals surface area contributed by atoms with E-state index in [4.69, 9.17) is 9.47 Å². The van der Waals surface area contributed by atoms with Gasteiger partial charge in [0.15, 0.2) is 0 Å². The number of carbonyl (C=O) groups is 2. The number of hydrogen-bond acceptors (Lipinski definition) is 6. The molecule has 3 rings (SSSR count). The highest BCUT2D eigenvalue weighted by molar-refractivity contribution is 5.96. The summed E-state index contributed by atoms with van der Waals surface area (Å²) in [5.74, 6) is 0.241. The van der Waals surface area contributed by atoms with Gasteiger partial charge >= 0.3 is 0 Å². The second kappa shape index (κ2) is 8.72. The van der Waals surface area contributed by atoms with Crippen molar-refractivity contribution in [1.82, 2.24) is 10.2 Å². The van der Waals surface area contributed by atoms with Crippen molar-refractivity contribution in [3.8, 4) is 23.0 Å². The zero-order chi connectivity index (χ0) is 21.0. The Kier molecular flexibility index (Phi) is 6.11. The van der Waals surface area contributed by atoms with Gasteiger partial charge in [-0.2, -0.15) is 0 Å². The summed E-state index contributed by atoms with van der Waals surface area (Å²) in [6, 6.07) is 8.74. The maximum absolute atomic E-state index is 12.6. The van der Waals surface area contributed by atoms with Gasteiger partial charge in [0, 0.05) is 42.4 Å². The van der Waals surface area contributed by atoms with Crippen LogP contribution in [-0.4, -0.2) is 60.3 Å². The normalized spacial score (nSPS) is 14.3. The summed E-state index contributed by atoms with van der Waals surface area (Å²) in [6.07, 6.45) is 1.20. The Labute approximate surface area is 168 Å². The first-order valence-corrected chi connectivity index (χ1v) is 9.26. The molecule has 0 saturated carbocycles. The number of methoxy groups -OCH3 is 2. The fourth-order valence-corrected chi connectivity index (χ4v) is 3.34. The van der Waals surface area contributed by atoms with E-state index in [1.807, 2.05) is 0 Å². The summed E-state index contributed by atoms with van der Waals surface area (Å²) in [7, 11) is 3.05. The van der Waals surface area contributed by atoms with E-state index in [9.17, 15) is 19.8 Å². The molecule has 0 bridgehead atoms. The minimum Gasteiger partial charge on any atom is -0.508 e. The van der Waals surface area contributed by atoms with Crippen molar-refractivity contribution in [2.45, 2.75) is 18.9 Å². The van der Waals surface area contributed by atoms with Crippen LogP contribution in [0, 0.1) is 0 Å². The molecular formula is C21H24N2O6. The lowest BCUT2D eigenvalue weighted by molar-refractivity contribution is 0.0697. The zero-order valence-electron chi connectivity index (χ0n) is 16.3. The third kappa shape index (κ3) is 4.90. The average molecular weight is 400 g/mol. The molecule has 2 aromatic carbocycles. The van der Waals surface area contributed by atoms with Crippen molar-refractivity contribution >= 4 is 11.8 Å². The molecule has 2 aromatic rings. The van der Waals surface area contributed by atoms with Crippen LogP contribution in [0.3, 0.4) is 0 Å². The molecule has 0 atom stereocenters. The molecule has 0 aliphatic carbocycles. The fourth-order valence-electron chi connectivity index (χ4n) is 3.34. The molecule has 0 spiro atoms. The van der Waals surface area contributed by atoms with Crippen LogP contribution in [0.5, 0.6) is 23.0 Å². The van der Waals surface area contributed by atoms with E-state index in [-0.39, 0.29) is 34.9 Å². The Bertz CT molecular complexity index is 864. The summed E-state index contributed by atoms with van der Waals surface area (Å²) in [5, 5.41) is 22.1. The van der Waals surface area contributed by atoms with Crippen LogP contribution in [0.25, 0.3) is 0 Å². The summed E-state index contributed by atoms with van der Waals surface area (Å²) < 4.78 is 10.4. The average Bonchev–Trinajstić information content (AvgIpc) is 2.72. The minimum atomic E-state index is -0.265. The van der Waals surface area contributed by atoms with E-state index in [0.29, 0.717) is 43.0 Å². The first kappa shape index (κ1) is 20.3. The Morgan fingerprint density at radius 2 is 1.45 bits per heavy atom. The molecule has 3 N–H and O–H groups in total. The molecule has 1 saturated heterocycles. The molecule has 0 unspecified atom stereocenters. The van der Waals surface area contributed by atoms with Crippen molar-refractivity contribution in [3.63, 3.8) is 0 Å². The maximum Gasteiger partial charge on any atom is 0.254 e. The highest BCUT2D eigenvalue weighted by Gasteiger charge is 2.25. The van der Waals surface area contributed by atoms with Gasteiger partial charge in [-0.05, 0) is 37.1 Å². The number of hydrogen-bond donors (Lipinski definition) is 3. The number of phenols is 2. The molecule has 1 fully saturated rings. The van der Waals surface area contributed by atoms with Gasteiger partial charge in [0.1, 0.15) is 23.0 Å². The van der Waals surface area contributed by atoms with Crippen molar-refractivity contribution in [2.75, 3.05) is 27.3 Å². The Morgan fingerprint density at radius 1 is 0.897 bits per heavy atom. The van der Waals surface area contributed by atoms with Gasteiger partial charge in [-0.15, -0.1) is 0 Å². The van der Waals surface area contributed by atoms with E-state index in [1.54, 1.807) is 23.1 Å². The predicted octanol–water partition coefficient (Wildman–Crippen LogP) is 2.15. The lowest BCUT2D eigenvalue weighted by Crippen LogP contribution is -2.46. The highest BCUT2D eigenvalue weighted by Crippen LogP contribution is 2.24. The van der Waals surface area contributed by atoms with Crippen molar-refractivity contribution < 1.29 is 29.3 Å². The van der Waals surface area contributed by atoms with Crippen LogP contribution >= 0.6 is 0 Å². The van der Waals surface area contributed by atoms with E-state index in [2.05, 4.69) is 5.32 Å². The van der Waals surface area contributed by atoms with Crippen LogP contribution in [0.2, 0.25) is 0 Å². The van der Waals surface area contributed by atoms with Gasteiger partial charge in [0.05, 0.1) is 14.2 Å². The lowest BCUT2D eigenvalue weighted by atomic mass is 10.0. The summed E-state index contributed by atoms with van der Waals surface area (Å²) >= 11 is 0. The molecule has 154 valence electrons. The molecule has 8 nitrogen and oxygen atoms in total. The second-order valence-electron chi connectivity index (χ2n) is 6.88. The number of likely N-dealkylation sites (tertiary alicyclic amines) is 1. The van der Waals surface area contributed by atoms with Crippen LogP contribution in [0.4, 0.5) is 0 Å². The largest absolute Gasteiger partial charge is 0.508 e. The standard InChI is InChI=1S/C21H24N2O6/c1-28-18-9-13(10-19(12-18)29-2)20(26)22-15-3-5-23(6-4-15)21(27)14-7-16(24)11-17(25)8-14/h7-12,15,24-25H,3-6H2,1-2H3,(H,22,26). The maximum atomic E-state index is 12.6. The second-order valence-corrected chi connectivity index (χ2v) is 6.88. The van der Waals surface area contributed by atoms with Crippen LogP contribution < -0.4 is 14.8 Å². The quantitative estimate of drug-likeness (QED) is 0.710. The van der Waals surface area contributed by atoms with Crippen molar-refractivity contribution in [1.29, 1.82) is 0 Å². The number of nitrogens with zero attached hydrogens (tertiary/aromatic N) is 1. The Morgan fingerprint density at radius 3 is 1.97 bits per heavy atom. The van der Waals surface area contributed by atoms with Gasteiger partial charge in [0.25, 0.3) is 11.8 Å². The summed E-state index contributed by atoms with van der Waals surface area (Å²) in [4.78, 5) is 26.8. The third-order valence-electron chi connectivity index (χ3n) is 4.88. The molecule has 1 aliphatic rings. The fraction of sp³-hybridized carbons (Fsp3) is 0.333. The molecule has 0 aromatic heterocycles. The van der Waals surface area contributed by atoms with Crippen molar-refractivity contribution in [2.24, 2.45) is 0 Å². The number of nitrogens with one attached hydrogen (secondary N) is 1. The topological polar surface area (TPSA) is 108 Å². The van der Waals surface area contributed by atoms with Crippen LogP contribution in [0.1, 0.15) is 33.6 Å². The molecule has 0 radical (unpaired) electrons. The molecular weight excluding hydrogens is 376 g/mol. The zero-order valence-corrected chi connectivity index (χ0v) is 16.3. The summed E-state index contributed by atoms with van der Waals surface area (Å²) in [5.41, 5.74) is 0.670. The van der Waals surface area contributed by atoms with Gasteiger partial charge in [-0.3, -0.25) is 9.59 Å². The minimum absolute atomic E-state index is 0.0682. The molecule has 8 heteroatoms. The monoisotopic (exact) mass is 400 g/mol. The van der Waals surface area contributed by atoms with Crippen molar-refractivity contribution in [3.05, 3.63) is 47.5 Å². The predicted molar refractivity (Wildman–Crippen MR) is 106 cm³/mol. The Hall–Kier alpha value is -3.42. The number of ether oxygens (including phenoxy) is 2. The number of benzene rings is 2. The number of amides is 2. The van der Waals surface area contributed by atoms with E-state index in [1.165, 1.54) is 32.4 Å². The van der Waals surface area contributed by atoms with Gasteiger partial charge in [-0.25, -0.2) is 0 Å². The summed E-state index contributed by atoms with van der Waals surface area (Å²) in [6.45, 7) is 0.920. The number of piperidine rings is 1. The highest BCUT2D eigenvalue weighted by atomic mass is 16.5. The molecule has 29 heavy (non-hydrogen) atoms. The first-order chi connectivity index (χ1) is 13.9. The number of aromatic hydroxyl groups is 2. The number of phenolic OH excluding ortho intramolecular Hbond substituents is 2. The van der Waals surface area contributed by atoms with E-state index < -0.39 is 0 Å². The van der Waals surface area contributed by atoms with Gasteiger partial charge in [-0.1, -0.05) is 0 Å².